The van der Waals surface area contributed by atoms with Crippen LogP contribution in [0.5, 0.6) is 0 Å². The second kappa shape index (κ2) is 5.08. The molecule has 1 aromatic rings. The summed E-state index contributed by atoms with van der Waals surface area (Å²) in [5.74, 6) is 0.935. The van der Waals surface area contributed by atoms with Gasteiger partial charge in [-0.15, -0.1) is 0 Å². The summed E-state index contributed by atoms with van der Waals surface area (Å²) in [6.07, 6.45) is 6.87. The van der Waals surface area contributed by atoms with Crippen LogP contribution in [0, 0.1) is 11.8 Å². The van der Waals surface area contributed by atoms with Crippen LogP contribution < -0.4 is 0 Å². The molecule has 2 fully saturated rings. The highest BCUT2D eigenvalue weighted by atomic mass is 35.5. The van der Waals surface area contributed by atoms with E-state index in [-0.39, 0.29) is 0 Å². The normalized spacial score (nSPS) is 32.7. The number of nitrogens with zero attached hydrogens (tertiary/aromatic N) is 3. The highest BCUT2D eigenvalue weighted by Gasteiger charge is 2.49. The number of likely N-dealkylation sites (tertiary alicyclic amines) is 1. The SMILES string of the molecule is CC1CN(CCn2cc(Cl)cn2)CCC1(O)C1CC1. The number of hydrogen-bond donors (Lipinski definition) is 1. The maximum Gasteiger partial charge on any atom is 0.0785 e. The van der Waals surface area contributed by atoms with Crippen LogP contribution in [0.25, 0.3) is 0 Å². The van der Waals surface area contributed by atoms with Crippen molar-refractivity contribution in [2.75, 3.05) is 19.6 Å². The minimum Gasteiger partial charge on any atom is -0.389 e. The van der Waals surface area contributed by atoms with Gasteiger partial charge < -0.3 is 10.0 Å². The van der Waals surface area contributed by atoms with E-state index in [9.17, 15) is 5.11 Å². The minimum atomic E-state index is -0.397. The van der Waals surface area contributed by atoms with E-state index in [4.69, 9.17) is 11.6 Å². The van der Waals surface area contributed by atoms with Crippen molar-refractivity contribution in [1.29, 1.82) is 0 Å². The molecule has 0 bridgehead atoms. The van der Waals surface area contributed by atoms with Crippen LogP contribution >= 0.6 is 11.6 Å². The molecule has 2 aliphatic rings. The maximum absolute atomic E-state index is 10.7. The lowest BCUT2D eigenvalue weighted by Gasteiger charge is -2.43. The molecule has 2 unspecified atom stereocenters. The molecule has 1 saturated heterocycles. The van der Waals surface area contributed by atoms with E-state index in [2.05, 4.69) is 16.9 Å². The fraction of sp³-hybridized carbons (Fsp3) is 0.786. The molecule has 2 atom stereocenters. The van der Waals surface area contributed by atoms with Crippen molar-refractivity contribution in [2.45, 2.75) is 38.3 Å². The van der Waals surface area contributed by atoms with Crippen molar-refractivity contribution in [3.05, 3.63) is 17.4 Å². The Kier molecular flexibility index (Phi) is 3.58. The second-order valence-electron chi connectivity index (χ2n) is 6.14. The third-order valence-electron chi connectivity index (χ3n) is 4.75. The number of aromatic nitrogens is 2. The first-order valence-corrected chi connectivity index (χ1v) is 7.58. The highest BCUT2D eigenvalue weighted by Crippen LogP contribution is 2.47. The molecule has 4 nitrogen and oxygen atoms in total. The zero-order valence-corrected chi connectivity index (χ0v) is 12.2. The van der Waals surface area contributed by atoms with E-state index in [1.54, 1.807) is 6.20 Å². The van der Waals surface area contributed by atoms with Crippen LogP contribution in [0.4, 0.5) is 0 Å². The summed E-state index contributed by atoms with van der Waals surface area (Å²) >= 11 is 5.85. The van der Waals surface area contributed by atoms with Crippen molar-refractivity contribution in [3.8, 4) is 0 Å². The molecule has 1 saturated carbocycles. The fourth-order valence-electron chi connectivity index (χ4n) is 3.32. The molecule has 5 heteroatoms. The molecule has 1 aliphatic carbocycles. The predicted molar refractivity (Wildman–Crippen MR) is 75.1 cm³/mol. The Hall–Kier alpha value is -0.580. The predicted octanol–water partition coefficient (Wildman–Crippen LogP) is 2.02. The topological polar surface area (TPSA) is 41.3 Å². The van der Waals surface area contributed by atoms with Crippen LogP contribution in [-0.2, 0) is 6.54 Å². The fourth-order valence-corrected chi connectivity index (χ4v) is 3.47. The molecule has 1 N–H and O–H groups in total. The molecular formula is C14H22ClN3O. The summed E-state index contributed by atoms with van der Waals surface area (Å²) in [5, 5.41) is 15.6. The van der Waals surface area contributed by atoms with Crippen LogP contribution in [0.15, 0.2) is 12.4 Å². The lowest BCUT2D eigenvalue weighted by Crippen LogP contribution is -2.52. The smallest absolute Gasteiger partial charge is 0.0785 e. The van der Waals surface area contributed by atoms with E-state index in [1.807, 2.05) is 10.9 Å². The molecule has 0 spiro atoms. The number of hydrogen-bond acceptors (Lipinski definition) is 3. The molecule has 106 valence electrons. The molecule has 1 aliphatic heterocycles. The monoisotopic (exact) mass is 283 g/mol. The third kappa shape index (κ3) is 2.81. The van der Waals surface area contributed by atoms with Gasteiger partial charge in [0, 0.05) is 25.8 Å². The van der Waals surface area contributed by atoms with Gasteiger partial charge in [-0.1, -0.05) is 18.5 Å². The highest BCUT2D eigenvalue weighted by molar-refractivity contribution is 6.30. The van der Waals surface area contributed by atoms with Gasteiger partial charge in [-0.3, -0.25) is 4.68 Å². The Bertz CT molecular complexity index is 446. The van der Waals surface area contributed by atoms with Crippen LogP contribution in [0.3, 0.4) is 0 Å². The Labute approximate surface area is 119 Å². The van der Waals surface area contributed by atoms with Gasteiger partial charge in [0.15, 0.2) is 0 Å². The van der Waals surface area contributed by atoms with Gasteiger partial charge in [0.2, 0.25) is 0 Å². The second-order valence-corrected chi connectivity index (χ2v) is 6.58. The largest absolute Gasteiger partial charge is 0.389 e. The van der Waals surface area contributed by atoms with Gasteiger partial charge in [0.1, 0.15) is 0 Å². The summed E-state index contributed by atoms with van der Waals surface area (Å²) in [6.45, 7) is 6.01. The Morgan fingerprint density at radius 3 is 2.84 bits per heavy atom. The van der Waals surface area contributed by atoms with E-state index >= 15 is 0 Å². The molecule has 2 heterocycles. The van der Waals surface area contributed by atoms with Gasteiger partial charge in [0.25, 0.3) is 0 Å². The van der Waals surface area contributed by atoms with Crippen molar-refractivity contribution < 1.29 is 5.11 Å². The average Bonchev–Trinajstić information content (AvgIpc) is 3.15. The van der Waals surface area contributed by atoms with E-state index in [0.29, 0.717) is 16.9 Å². The third-order valence-corrected chi connectivity index (χ3v) is 4.94. The first-order valence-electron chi connectivity index (χ1n) is 7.20. The lowest BCUT2D eigenvalue weighted by molar-refractivity contribution is -0.0821. The maximum atomic E-state index is 10.7. The van der Waals surface area contributed by atoms with Gasteiger partial charge in [-0.2, -0.15) is 5.10 Å². The Morgan fingerprint density at radius 2 is 2.26 bits per heavy atom. The van der Waals surface area contributed by atoms with Gasteiger partial charge in [-0.05, 0) is 31.1 Å². The summed E-state index contributed by atoms with van der Waals surface area (Å²) < 4.78 is 1.88. The first kappa shape index (κ1) is 13.4. The molecular weight excluding hydrogens is 262 g/mol. The Morgan fingerprint density at radius 1 is 1.47 bits per heavy atom. The summed E-state index contributed by atoms with van der Waals surface area (Å²) in [6, 6.07) is 0. The first-order chi connectivity index (χ1) is 9.08. The summed E-state index contributed by atoms with van der Waals surface area (Å²) in [7, 11) is 0. The summed E-state index contributed by atoms with van der Waals surface area (Å²) in [5.41, 5.74) is -0.397. The molecule has 0 amide bonds. The summed E-state index contributed by atoms with van der Waals surface area (Å²) in [4.78, 5) is 2.43. The van der Waals surface area contributed by atoms with Gasteiger partial charge in [-0.25, -0.2) is 0 Å². The zero-order chi connectivity index (χ0) is 13.5. The van der Waals surface area contributed by atoms with Crippen molar-refractivity contribution >= 4 is 11.6 Å². The quantitative estimate of drug-likeness (QED) is 0.919. The van der Waals surface area contributed by atoms with E-state index in [1.165, 1.54) is 12.8 Å². The Balaban J connectivity index is 1.51. The van der Waals surface area contributed by atoms with Crippen LogP contribution in [-0.4, -0.2) is 45.0 Å². The van der Waals surface area contributed by atoms with E-state index in [0.717, 1.165) is 32.6 Å². The number of halogens is 1. The zero-order valence-electron chi connectivity index (χ0n) is 11.4. The van der Waals surface area contributed by atoms with Gasteiger partial charge in [0.05, 0.1) is 23.4 Å². The number of aliphatic hydroxyl groups is 1. The molecule has 0 aromatic carbocycles. The number of piperidine rings is 1. The van der Waals surface area contributed by atoms with Crippen molar-refractivity contribution in [2.24, 2.45) is 11.8 Å². The average molecular weight is 284 g/mol. The molecule has 19 heavy (non-hydrogen) atoms. The van der Waals surface area contributed by atoms with Gasteiger partial charge >= 0.3 is 0 Å². The number of rotatable bonds is 4. The minimum absolute atomic E-state index is 0.370. The lowest BCUT2D eigenvalue weighted by atomic mass is 9.78. The van der Waals surface area contributed by atoms with Crippen LogP contribution in [0.2, 0.25) is 5.02 Å². The molecule has 1 aromatic heterocycles. The van der Waals surface area contributed by atoms with Crippen molar-refractivity contribution in [3.63, 3.8) is 0 Å². The van der Waals surface area contributed by atoms with Crippen molar-refractivity contribution in [1.82, 2.24) is 14.7 Å². The molecule has 0 radical (unpaired) electrons. The standard InChI is InChI=1S/C14H22ClN3O/c1-11-9-17(5-4-14(11,19)12-2-3-12)6-7-18-10-13(15)8-16-18/h8,10-12,19H,2-7,9H2,1H3. The van der Waals surface area contributed by atoms with Crippen LogP contribution in [0.1, 0.15) is 26.2 Å². The molecule has 3 rings (SSSR count). The van der Waals surface area contributed by atoms with E-state index < -0.39 is 5.60 Å².